The van der Waals surface area contributed by atoms with E-state index in [2.05, 4.69) is 50.4 Å². The maximum atomic E-state index is 14.0. The van der Waals surface area contributed by atoms with Gasteiger partial charge in [-0.1, -0.05) is 81.4 Å². The summed E-state index contributed by atoms with van der Waals surface area (Å²) in [4.78, 5) is 22.9. The molecule has 0 fully saturated rings. The van der Waals surface area contributed by atoms with Crippen LogP contribution < -0.4 is 15.7 Å². The van der Waals surface area contributed by atoms with Crippen LogP contribution in [0.25, 0.3) is 0 Å². The van der Waals surface area contributed by atoms with Crippen molar-refractivity contribution in [3.05, 3.63) is 100 Å². The molecule has 0 atom stereocenters. The highest BCUT2D eigenvalue weighted by Crippen LogP contribution is 2.36. The fourth-order valence-corrected chi connectivity index (χ4v) is 8.71. The highest BCUT2D eigenvalue weighted by molar-refractivity contribution is 6.99. The first-order valence-corrected chi connectivity index (χ1v) is 13.0. The van der Waals surface area contributed by atoms with E-state index in [1.165, 1.54) is 0 Å². The number of hydrogen-bond donors (Lipinski definition) is 1. The molecule has 0 heterocycles. The van der Waals surface area contributed by atoms with Crippen molar-refractivity contribution < 1.29 is 18.5 Å². The van der Waals surface area contributed by atoms with Crippen molar-refractivity contribution in [2.24, 2.45) is 0 Å². The van der Waals surface area contributed by atoms with Crippen LogP contribution in [0.2, 0.25) is 5.04 Å². The zero-order valence-electron chi connectivity index (χ0n) is 19.6. The molecule has 0 aliphatic rings. The van der Waals surface area contributed by atoms with Crippen LogP contribution in [-0.2, 0) is 15.8 Å². The molecule has 3 aromatic carbocycles. The van der Waals surface area contributed by atoms with Gasteiger partial charge in [-0.05, 0) is 21.5 Å². The lowest BCUT2D eigenvalue weighted by atomic mass is 10.2. The number of amides is 1. The molecule has 1 amide bonds. The van der Waals surface area contributed by atoms with Crippen LogP contribution >= 0.6 is 0 Å². The standard InChI is InChI=1S/C26H29FN2O4Si/c1-26(2,3)34(22-10-6-4-7-11-22,23-12-8-5-9-13-23)33-17-16-25(30)28-19-20-18-21(29(31)32)14-15-24(20)27/h4-15,18H,16-17,19H2,1-3H3,(H,28,30). The SMILES string of the molecule is CC(C)(C)[Si](OCCC(=O)NCc1cc([N+](=O)[O-])ccc1F)(c1ccccc1)c1ccccc1. The van der Waals surface area contributed by atoms with E-state index in [0.717, 1.165) is 28.6 Å². The van der Waals surface area contributed by atoms with Crippen molar-refractivity contribution in [3.8, 4) is 0 Å². The lowest BCUT2D eigenvalue weighted by molar-refractivity contribution is -0.385. The molecule has 0 bridgehead atoms. The maximum absolute atomic E-state index is 14.0. The van der Waals surface area contributed by atoms with Crippen LogP contribution in [0, 0.1) is 15.9 Å². The minimum Gasteiger partial charge on any atom is -0.407 e. The van der Waals surface area contributed by atoms with Crippen molar-refractivity contribution >= 4 is 30.3 Å². The highest BCUT2D eigenvalue weighted by Gasteiger charge is 2.50. The Bertz CT molecular complexity index is 1100. The Morgan fingerprint density at radius 2 is 1.56 bits per heavy atom. The van der Waals surface area contributed by atoms with Gasteiger partial charge >= 0.3 is 0 Å². The number of hydrogen-bond acceptors (Lipinski definition) is 4. The second-order valence-electron chi connectivity index (χ2n) is 9.07. The summed E-state index contributed by atoms with van der Waals surface area (Å²) in [5.74, 6) is -0.918. The molecule has 0 spiro atoms. The van der Waals surface area contributed by atoms with E-state index < -0.39 is 19.1 Å². The van der Waals surface area contributed by atoms with E-state index in [-0.39, 0.29) is 41.8 Å². The van der Waals surface area contributed by atoms with Gasteiger partial charge in [0.1, 0.15) is 5.82 Å². The third kappa shape index (κ3) is 5.57. The number of nitro benzene ring substituents is 1. The molecule has 3 rings (SSSR count). The van der Waals surface area contributed by atoms with Crippen LogP contribution in [0.1, 0.15) is 32.8 Å². The summed E-state index contributed by atoms with van der Waals surface area (Å²) in [6.45, 7) is 6.53. The van der Waals surface area contributed by atoms with Crippen LogP contribution in [0.4, 0.5) is 10.1 Å². The third-order valence-electron chi connectivity index (χ3n) is 5.78. The van der Waals surface area contributed by atoms with Crippen LogP contribution in [-0.4, -0.2) is 25.8 Å². The first-order valence-electron chi connectivity index (χ1n) is 11.1. The van der Waals surface area contributed by atoms with Gasteiger partial charge < -0.3 is 9.74 Å². The van der Waals surface area contributed by atoms with Crippen molar-refractivity contribution in [1.82, 2.24) is 5.32 Å². The molecule has 8 heteroatoms. The molecule has 0 saturated heterocycles. The number of non-ortho nitro benzene ring substituents is 1. The van der Waals surface area contributed by atoms with Crippen molar-refractivity contribution in [2.45, 2.75) is 38.8 Å². The molecular formula is C26H29FN2O4Si. The topological polar surface area (TPSA) is 81.5 Å². The number of nitro groups is 1. The van der Waals surface area contributed by atoms with E-state index in [1.54, 1.807) is 0 Å². The average molecular weight is 481 g/mol. The lowest BCUT2D eigenvalue weighted by Gasteiger charge is -2.43. The maximum Gasteiger partial charge on any atom is 0.269 e. The van der Waals surface area contributed by atoms with Gasteiger partial charge in [0, 0.05) is 37.3 Å². The molecule has 34 heavy (non-hydrogen) atoms. The summed E-state index contributed by atoms with van der Waals surface area (Å²) in [5.41, 5.74) is -0.156. The Labute approximate surface area is 200 Å². The van der Waals surface area contributed by atoms with Gasteiger partial charge in [0.25, 0.3) is 14.0 Å². The van der Waals surface area contributed by atoms with Gasteiger partial charge in [-0.2, -0.15) is 0 Å². The van der Waals surface area contributed by atoms with Gasteiger partial charge in [-0.25, -0.2) is 4.39 Å². The van der Waals surface area contributed by atoms with E-state index >= 15 is 0 Å². The molecule has 3 aromatic rings. The number of nitrogens with zero attached hydrogens (tertiary/aromatic N) is 1. The van der Waals surface area contributed by atoms with Gasteiger partial charge in [-0.3, -0.25) is 14.9 Å². The lowest BCUT2D eigenvalue weighted by Crippen LogP contribution is -2.66. The Morgan fingerprint density at radius 3 is 2.06 bits per heavy atom. The first kappa shape index (κ1) is 25.3. The second-order valence-corrected chi connectivity index (χ2v) is 13.4. The Morgan fingerprint density at radius 1 is 1.00 bits per heavy atom. The van der Waals surface area contributed by atoms with E-state index in [4.69, 9.17) is 4.43 Å². The molecule has 0 saturated carbocycles. The summed E-state index contributed by atoms with van der Waals surface area (Å²) in [6, 6.07) is 23.5. The average Bonchev–Trinajstić information content (AvgIpc) is 2.81. The molecule has 0 aliphatic heterocycles. The number of carbonyl (C=O) groups excluding carboxylic acids is 1. The van der Waals surface area contributed by atoms with Gasteiger partial charge in [0.05, 0.1) is 4.92 Å². The molecular weight excluding hydrogens is 451 g/mol. The smallest absolute Gasteiger partial charge is 0.269 e. The Hall–Kier alpha value is -3.36. The second kappa shape index (κ2) is 10.7. The highest BCUT2D eigenvalue weighted by atomic mass is 28.4. The number of carbonyl (C=O) groups is 1. The number of rotatable bonds is 9. The summed E-state index contributed by atoms with van der Waals surface area (Å²) in [7, 11) is -2.75. The molecule has 6 nitrogen and oxygen atoms in total. The van der Waals surface area contributed by atoms with Crippen LogP contribution in [0.3, 0.4) is 0 Å². The third-order valence-corrected chi connectivity index (χ3v) is 10.8. The van der Waals surface area contributed by atoms with Crippen LogP contribution in [0.15, 0.2) is 78.9 Å². The Kier molecular flexibility index (Phi) is 7.96. The molecule has 178 valence electrons. The number of benzene rings is 3. The predicted octanol–water partition coefficient (Wildman–Crippen LogP) is 4.32. The monoisotopic (exact) mass is 480 g/mol. The minimum absolute atomic E-state index is 0.0652. The van der Waals surface area contributed by atoms with Gasteiger partial charge in [-0.15, -0.1) is 0 Å². The molecule has 0 unspecified atom stereocenters. The Balaban J connectivity index is 1.75. The number of nitrogens with one attached hydrogen (secondary N) is 1. The summed E-state index contributed by atoms with van der Waals surface area (Å²) < 4.78 is 20.7. The largest absolute Gasteiger partial charge is 0.407 e. The summed E-state index contributed by atoms with van der Waals surface area (Å²) >= 11 is 0. The fraction of sp³-hybridized carbons (Fsp3) is 0.269. The van der Waals surface area contributed by atoms with Gasteiger partial charge in [0.15, 0.2) is 0 Å². The van der Waals surface area contributed by atoms with Crippen molar-refractivity contribution in [1.29, 1.82) is 0 Å². The quantitative estimate of drug-likeness (QED) is 0.281. The summed E-state index contributed by atoms with van der Waals surface area (Å²) in [5, 5.41) is 15.6. The van der Waals surface area contributed by atoms with E-state index in [9.17, 15) is 19.3 Å². The molecule has 0 aliphatic carbocycles. The van der Waals surface area contributed by atoms with E-state index in [0.29, 0.717) is 0 Å². The minimum atomic E-state index is -2.75. The van der Waals surface area contributed by atoms with E-state index in [1.807, 2.05) is 36.4 Å². The summed E-state index contributed by atoms with van der Waals surface area (Å²) in [6.07, 6.45) is 0.0844. The van der Waals surface area contributed by atoms with Crippen molar-refractivity contribution in [2.75, 3.05) is 6.61 Å². The van der Waals surface area contributed by atoms with Gasteiger partial charge in [0.2, 0.25) is 5.91 Å². The zero-order chi connectivity index (χ0) is 24.8. The first-order chi connectivity index (χ1) is 16.1. The normalized spacial score (nSPS) is 11.8. The number of halogens is 1. The van der Waals surface area contributed by atoms with Crippen LogP contribution in [0.5, 0.6) is 0 Å². The molecule has 0 aromatic heterocycles. The molecule has 0 radical (unpaired) electrons. The molecule has 1 N–H and O–H groups in total. The fourth-order valence-electron chi connectivity index (χ4n) is 4.15. The zero-order valence-corrected chi connectivity index (χ0v) is 20.6. The van der Waals surface area contributed by atoms with Crippen molar-refractivity contribution in [3.63, 3.8) is 0 Å². The predicted molar refractivity (Wildman–Crippen MR) is 133 cm³/mol.